The molecule has 0 bridgehead atoms. The first-order valence-corrected chi connectivity index (χ1v) is 6.56. The number of alkyl halides is 3. The van der Waals surface area contributed by atoms with Gasteiger partial charge in [-0.1, -0.05) is 19.1 Å². The molecule has 0 atom stereocenters. The van der Waals surface area contributed by atoms with Crippen LogP contribution in [-0.4, -0.2) is 30.8 Å². The lowest BCUT2D eigenvalue weighted by atomic mass is 10.3. The van der Waals surface area contributed by atoms with E-state index < -0.39 is 11.7 Å². The van der Waals surface area contributed by atoms with E-state index in [4.69, 9.17) is 0 Å². The van der Waals surface area contributed by atoms with Crippen LogP contribution in [0.15, 0.2) is 18.6 Å². The van der Waals surface area contributed by atoms with Crippen LogP contribution in [0.5, 0.6) is 0 Å². The number of nitrogens with one attached hydrogen (secondary N) is 1. The molecule has 0 radical (unpaired) electrons. The lowest BCUT2D eigenvalue weighted by molar-refractivity contribution is -0.137. The third-order valence-corrected chi connectivity index (χ3v) is 2.80. The number of nitrogens with zero attached hydrogens (tertiary/aromatic N) is 5. The Morgan fingerprint density at radius 1 is 1.19 bits per heavy atom. The minimum Gasteiger partial charge on any atom is -0.309 e. The molecule has 2 rings (SSSR count). The maximum atomic E-state index is 12.4. The molecule has 6 nitrogen and oxygen atoms in total. The summed E-state index contributed by atoms with van der Waals surface area (Å²) < 4.78 is 40.1. The second-order valence-corrected chi connectivity index (χ2v) is 5.00. The fourth-order valence-corrected chi connectivity index (χ4v) is 1.67. The average molecular weight is 302 g/mol. The zero-order chi connectivity index (χ0) is 15.5. The Kier molecular flexibility index (Phi) is 4.61. The Hall–Kier alpha value is -1.90. The van der Waals surface area contributed by atoms with Gasteiger partial charge < -0.3 is 5.32 Å². The molecule has 0 amide bonds. The number of hydrogen-bond donors (Lipinski definition) is 1. The molecule has 0 aromatic carbocycles. The van der Waals surface area contributed by atoms with Gasteiger partial charge in [0.2, 0.25) is 0 Å². The van der Waals surface area contributed by atoms with Gasteiger partial charge in [0.05, 0.1) is 30.5 Å². The van der Waals surface area contributed by atoms with Gasteiger partial charge >= 0.3 is 6.18 Å². The van der Waals surface area contributed by atoms with Gasteiger partial charge in [-0.25, -0.2) is 0 Å². The van der Waals surface area contributed by atoms with E-state index in [0.717, 1.165) is 18.1 Å². The zero-order valence-corrected chi connectivity index (χ0v) is 11.8. The largest absolute Gasteiger partial charge is 0.419 e. The van der Waals surface area contributed by atoms with Crippen molar-refractivity contribution in [2.24, 2.45) is 0 Å². The van der Waals surface area contributed by atoms with Crippen molar-refractivity contribution in [3.8, 4) is 0 Å². The summed E-state index contributed by atoms with van der Waals surface area (Å²) >= 11 is 0. The Labute approximate surface area is 119 Å². The molecule has 0 aliphatic carbocycles. The number of aryl methyl sites for hydroxylation is 2. The van der Waals surface area contributed by atoms with Crippen LogP contribution in [0.3, 0.4) is 0 Å². The van der Waals surface area contributed by atoms with E-state index in [1.807, 2.05) is 13.8 Å². The van der Waals surface area contributed by atoms with Crippen LogP contribution in [-0.2, 0) is 25.8 Å². The molecule has 21 heavy (non-hydrogen) atoms. The average Bonchev–Trinajstić information content (AvgIpc) is 3.02. The number of aromatic nitrogens is 5. The van der Waals surface area contributed by atoms with Gasteiger partial charge in [0.25, 0.3) is 0 Å². The molecule has 0 unspecified atom stereocenters. The Morgan fingerprint density at radius 3 is 2.52 bits per heavy atom. The topological polar surface area (TPSA) is 60.6 Å². The minimum atomic E-state index is -4.36. The smallest absolute Gasteiger partial charge is 0.309 e. The fourth-order valence-electron chi connectivity index (χ4n) is 1.67. The molecule has 0 fully saturated rings. The van der Waals surface area contributed by atoms with Gasteiger partial charge in [-0.2, -0.15) is 18.3 Å². The summed E-state index contributed by atoms with van der Waals surface area (Å²) in [6, 6.07) is 0.347. The lowest BCUT2D eigenvalue weighted by Crippen LogP contribution is -2.21. The summed E-state index contributed by atoms with van der Waals surface area (Å²) in [5, 5.41) is 14.8. The number of hydrogen-bond acceptors (Lipinski definition) is 4. The molecule has 0 saturated carbocycles. The standard InChI is InChI=1S/C12H17F3N6/c1-9(2)16-6-11-8-21(19-18-11)4-3-20-7-10(5-17-20)12(13,14)15/h5,7-9,16H,3-4,6H2,1-2H3. The Morgan fingerprint density at radius 2 is 1.90 bits per heavy atom. The first-order chi connectivity index (χ1) is 9.84. The van der Waals surface area contributed by atoms with Gasteiger partial charge in [0.15, 0.2) is 0 Å². The quantitative estimate of drug-likeness (QED) is 0.882. The molecule has 0 saturated heterocycles. The van der Waals surface area contributed by atoms with Crippen molar-refractivity contribution in [2.45, 2.75) is 45.7 Å². The molecule has 9 heteroatoms. The van der Waals surface area contributed by atoms with Gasteiger partial charge in [-0.05, 0) is 0 Å². The Bertz CT molecular complexity index is 572. The first-order valence-electron chi connectivity index (χ1n) is 6.56. The molecule has 116 valence electrons. The van der Waals surface area contributed by atoms with E-state index in [0.29, 0.717) is 25.7 Å². The predicted molar refractivity (Wildman–Crippen MR) is 69.2 cm³/mol. The van der Waals surface area contributed by atoms with E-state index in [-0.39, 0.29) is 0 Å². The molecule has 0 aliphatic heterocycles. The van der Waals surface area contributed by atoms with Crippen molar-refractivity contribution in [1.29, 1.82) is 0 Å². The van der Waals surface area contributed by atoms with E-state index in [1.165, 1.54) is 4.68 Å². The van der Waals surface area contributed by atoms with E-state index in [9.17, 15) is 13.2 Å². The minimum absolute atomic E-state index is 0.302. The second kappa shape index (κ2) is 6.25. The molecule has 2 aromatic heterocycles. The van der Waals surface area contributed by atoms with Gasteiger partial charge in [-0.3, -0.25) is 9.36 Å². The Balaban J connectivity index is 1.87. The van der Waals surface area contributed by atoms with E-state index in [1.54, 1.807) is 10.9 Å². The van der Waals surface area contributed by atoms with Crippen LogP contribution in [0.25, 0.3) is 0 Å². The number of rotatable bonds is 6. The molecular weight excluding hydrogens is 285 g/mol. The normalized spacial score (nSPS) is 12.3. The number of halogens is 3. The van der Waals surface area contributed by atoms with Crippen molar-refractivity contribution >= 4 is 0 Å². The molecule has 1 N–H and O–H groups in total. The molecule has 2 aromatic rings. The molecule has 0 aliphatic rings. The van der Waals surface area contributed by atoms with Crippen LogP contribution in [0.4, 0.5) is 13.2 Å². The first kappa shape index (κ1) is 15.5. The van der Waals surface area contributed by atoms with Crippen molar-refractivity contribution in [1.82, 2.24) is 30.1 Å². The predicted octanol–water partition coefficient (Wildman–Crippen LogP) is 1.69. The second-order valence-electron chi connectivity index (χ2n) is 5.00. The summed E-state index contributed by atoms with van der Waals surface area (Å²) in [7, 11) is 0. The third-order valence-electron chi connectivity index (χ3n) is 2.80. The van der Waals surface area contributed by atoms with Crippen LogP contribution < -0.4 is 5.32 Å². The van der Waals surface area contributed by atoms with Crippen molar-refractivity contribution in [3.63, 3.8) is 0 Å². The highest BCUT2D eigenvalue weighted by Gasteiger charge is 2.32. The van der Waals surface area contributed by atoms with Crippen molar-refractivity contribution < 1.29 is 13.2 Å². The van der Waals surface area contributed by atoms with Crippen molar-refractivity contribution in [3.05, 3.63) is 29.8 Å². The summed E-state index contributed by atoms with van der Waals surface area (Å²) in [5.41, 5.74) is 0.0445. The maximum Gasteiger partial charge on any atom is 0.419 e. The highest BCUT2D eigenvalue weighted by molar-refractivity contribution is 5.08. The van der Waals surface area contributed by atoms with E-state index in [2.05, 4.69) is 20.7 Å². The van der Waals surface area contributed by atoms with Crippen LogP contribution in [0, 0.1) is 0 Å². The van der Waals surface area contributed by atoms with Crippen LogP contribution >= 0.6 is 0 Å². The summed E-state index contributed by atoms with van der Waals surface area (Å²) in [5.74, 6) is 0. The maximum absolute atomic E-state index is 12.4. The van der Waals surface area contributed by atoms with Crippen molar-refractivity contribution in [2.75, 3.05) is 0 Å². The summed E-state index contributed by atoms with van der Waals surface area (Å²) in [6.45, 7) is 5.38. The van der Waals surface area contributed by atoms with E-state index >= 15 is 0 Å². The lowest BCUT2D eigenvalue weighted by Gasteiger charge is -2.04. The molecular formula is C12H17F3N6. The van der Waals surface area contributed by atoms with Gasteiger partial charge in [0, 0.05) is 25.0 Å². The highest BCUT2D eigenvalue weighted by Crippen LogP contribution is 2.28. The third kappa shape index (κ3) is 4.55. The SMILES string of the molecule is CC(C)NCc1cn(CCn2cc(C(F)(F)F)cn2)nn1. The fraction of sp³-hybridized carbons (Fsp3) is 0.583. The van der Waals surface area contributed by atoms with Gasteiger partial charge in [-0.15, -0.1) is 5.10 Å². The molecule has 0 spiro atoms. The molecule has 2 heterocycles. The monoisotopic (exact) mass is 302 g/mol. The summed E-state index contributed by atoms with van der Waals surface area (Å²) in [6.07, 6.45) is -0.789. The highest BCUT2D eigenvalue weighted by atomic mass is 19.4. The zero-order valence-electron chi connectivity index (χ0n) is 11.8. The van der Waals surface area contributed by atoms with Crippen LogP contribution in [0.2, 0.25) is 0 Å². The van der Waals surface area contributed by atoms with Crippen LogP contribution in [0.1, 0.15) is 25.1 Å². The van der Waals surface area contributed by atoms with Gasteiger partial charge in [0.1, 0.15) is 0 Å². The summed E-state index contributed by atoms with van der Waals surface area (Å²) in [4.78, 5) is 0.